The van der Waals surface area contributed by atoms with Gasteiger partial charge in [-0.25, -0.2) is 0 Å². The van der Waals surface area contributed by atoms with Crippen molar-refractivity contribution in [2.75, 3.05) is 13.2 Å². The van der Waals surface area contributed by atoms with Crippen LogP contribution < -0.4 is 0 Å². The van der Waals surface area contributed by atoms with Crippen LogP contribution >= 0.6 is 11.6 Å². The number of halogens is 1. The van der Waals surface area contributed by atoms with Gasteiger partial charge < -0.3 is 8.85 Å². The van der Waals surface area contributed by atoms with Crippen molar-refractivity contribution in [2.45, 2.75) is 38.6 Å². The minimum absolute atomic E-state index is 0.445. The van der Waals surface area contributed by atoms with Gasteiger partial charge in [0, 0.05) is 19.1 Å². The van der Waals surface area contributed by atoms with E-state index in [1.165, 1.54) is 11.1 Å². The molecule has 0 aliphatic rings. The Labute approximate surface area is 117 Å². The summed E-state index contributed by atoms with van der Waals surface area (Å²) in [6.07, 6.45) is 0. The quantitative estimate of drug-likeness (QED) is 0.529. The van der Waals surface area contributed by atoms with Crippen LogP contribution in [-0.4, -0.2) is 22.5 Å². The molecule has 0 amide bonds. The van der Waals surface area contributed by atoms with Gasteiger partial charge in [-0.3, -0.25) is 0 Å². The number of benzene rings is 1. The van der Waals surface area contributed by atoms with Crippen molar-refractivity contribution >= 4 is 20.9 Å². The molecule has 101 valence electrons. The molecule has 1 aromatic rings. The van der Waals surface area contributed by atoms with Gasteiger partial charge in [0.1, 0.15) is 0 Å². The standard InChI is InChI=1S/C14H22ClO2Si/c1-4-16-18(17-5-2)11-12(3)14-8-6-7-13(9-14)10-15/h6-9,12H,4-5,10-11H2,1-3H3. The predicted molar refractivity (Wildman–Crippen MR) is 78.2 cm³/mol. The average molecular weight is 286 g/mol. The Hall–Kier alpha value is -0.353. The number of alkyl halides is 1. The van der Waals surface area contributed by atoms with Crippen LogP contribution in [0.5, 0.6) is 0 Å². The van der Waals surface area contributed by atoms with Crippen molar-refractivity contribution in [1.29, 1.82) is 0 Å². The molecule has 1 radical (unpaired) electrons. The number of rotatable bonds is 8. The summed E-state index contributed by atoms with van der Waals surface area (Å²) in [4.78, 5) is 0. The maximum absolute atomic E-state index is 5.87. The van der Waals surface area contributed by atoms with Gasteiger partial charge >= 0.3 is 9.28 Å². The molecule has 1 aromatic carbocycles. The van der Waals surface area contributed by atoms with Gasteiger partial charge in [0.05, 0.1) is 0 Å². The second-order valence-corrected chi connectivity index (χ2v) is 6.22. The van der Waals surface area contributed by atoms with Gasteiger partial charge in [-0.1, -0.05) is 31.2 Å². The molecule has 0 N–H and O–H groups in total. The molecule has 4 heteroatoms. The molecular weight excluding hydrogens is 264 g/mol. The Kier molecular flexibility index (Phi) is 7.59. The third-order valence-corrected chi connectivity index (χ3v) is 5.23. The average Bonchev–Trinajstić information content (AvgIpc) is 2.39. The fraction of sp³-hybridized carbons (Fsp3) is 0.571. The lowest BCUT2D eigenvalue weighted by Gasteiger charge is -2.18. The van der Waals surface area contributed by atoms with E-state index in [-0.39, 0.29) is 0 Å². The molecular formula is C14H22ClO2Si. The summed E-state index contributed by atoms with van der Waals surface area (Å²) in [7, 11) is -1.14. The molecule has 1 atom stereocenters. The molecule has 1 rings (SSSR count). The summed E-state index contributed by atoms with van der Waals surface area (Å²) in [6, 6.07) is 9.42. The SMILES string of the molecule is CCO[Si](CC(C)c1cccc(CCl)c1)OCC. The van der Waals surface area contributed by atoms with Gasteiger partial charge in [0.15, 0.2) is 0 Å². The third kappa shape index (κ3) is 5.10. The summed E-state index contributed by atoms with van der Waals surface area (Å²) in [5, 5.41) is 0. The lowest BCUT2D eigenvalue weighted by atomic mass is 10.0. The highest BCUT2D eigenvalue weighted by molar-refractivity contribution is 6.44. The zero-order valence-corrected chi connectivity index (χ0v) is 13.2. The minimum Gasteiger partial charge on any atom is -0.394 e. The molecule has 0 aromatic heterocycles. The molecule has 2 nitrogen and oxygen atoms in total. The van der Waals surface area contributed by atoms with Crippen molar-refractivity contribution in [3.05, 3.63) is 35.4 Å². The van der Waals surface area contributed by atoms with Crippen LogP contribution in [0.3, 0.4) is 0 Å². The van der Waals surface area contributed by atoms with E-state index in [9.17, 15) is 0 Å². The second-order valence-electron chi connectivity index (χ2n) is 4.22. The van der Waals surface area contributed by atoms with E-state index in [4.69, 9.17) is 20.5 Å². The van der Waals surface area contributed by atoms with Crippen LogP contribution in [0.1, 0.15) is 37.8 Å². The Bertz CT molecular complexity index is 340. The summed E-state index contributed by atoms with van der Waals surface area (Å²) in [6.45, 7) is 7.70. The number of hydrogen-bond donors (Lipinski definition) is 0. The first kappa shape index (κ1) is 15.7. The molecule has 1 unspecified atom stereocenters. The van der Waals surface area contributed by atoms with Crippen LogP contribution in [-0.2, 0) is 14.7 Å². The molecule has 0 saturated carbocycles. The Morgan fingerprint density at radius 1 is 1.22 bits per heavy atom. The zero-order chi connectivity index (χ0) is 13.4. The molecule has 0 saturated heterocycles. The first-order valence-corrected chi connectivity index (χ1v) is 8.53. The molecule has 0 bridgehead atoms. The van der Waals surface area contributed by atoms with Crippen LogP contribution in [0.15, 0.2) is 24.3 Å². The summed E-state index contributed by atoms with van der Waals surface area (Å²) in [5.41, 5.74) is 2.48. The van der Waals surface area contributed by atoms with E-state index in [0.717, 1.165) is 19.3 Å². The predicted octanol–water partition coefficient (Wildman–Crippen LogP) is 4.09. The van der Waals surface area contributed by atoms with E-state index in [1.54, 1.807) is 0 Å². The normalized spacial score (nSPS) is 12.9. The Balaban J connectivity index is 2.63. The zero-order valence-electron chi connectivity index (χ0n) is 11.4. The molecule has 0 heterocycles. The highest BCUT2D eigenvalue weighted by Gasteiger charge is 2.19. The monoisotopic (exact) mass is 285 g/mol. The molecule has 0 spiro atoms. The van der Waals surface area contributed by atoms with Gasteiger partial charge in [-0.05, 0) is 36.9 Å². The second kappa shape index (κ2) is 8.70. The highest BCUT2D eigenvalue weighted by Crippen LogP contribution is 2.23. The molecule has 0 aliphatic heterocycles. The largest absolute Gasteiger partial charge is 0.394 e. The van der Waals surface area contributed by atoms with Crippen LogP contribution in [0, 0.1) is 0 Å². The maximum Gasteiger partial charge on any atom is 0.385 e. The smallest absolute Gasteiger partial charge is 0.385 e. The molecule has 0 aliphatic carbocycles. The minimum atomic E-state index is -1.14. The van der Waals surface area contributed by atoms with Crippen molar-refractivity contribution in [2.24, 2.45) is 0 Å². The van der Waals surface area contributed by atoms with Crippen LogP contribution in [0.4, 0.5) is 0 Å². The fourth-order valence-electron chi connectivity index (χ4n) is 1.83. The van der Waals surface area contributed by atoms with Gasteiger partial charge in [0.2, 0.25) is 0 Å². The molecule has 0 fully saturated rings. The van der Waals surface area contributed by atoms with Crippen LogP contribution in [0.2, 0.25) is 6.04 Å². The highest BCUT2D eigenvalue weighted by atomic mass is 35.5. The first-order valence-electron chi connectivity index (χ1n) is 6.47. The van der Waals surface area contributed by atoms with Crippen molar-refractivity contribution in [3.8, 4) is 0 Å². The lowest BCUT2D eigenvalue weighted by Crippen LogP contribution is -2.24. The molecule has 18 heavy (non-hydrogen) atoms. The van der Waals surface area contributed by atoms with E-state index < -0.39 is 9.28 Å². The van der Waals surface area contributed by atoms with Crippen molar-refractivity contribution < 1.29 is 8.85 Å². The summed E-state index contributed by atoms with van der Waals surface area (Å²) in [5.74, 6) is 1.01. The lowest BCUT2D eigenvalue weighted by molar-refractivity contribution is 0.212. The maximum atomic E-state index is 5.87. The van der Waals surface area contributed by atoms with Crippen molar-refractivity contribution in [1.82, 2.24) is 0 Å². The summed E-state index contributed by atoms with van der Waals surface area (Å²) < 4.78 is 11.4. The Morgan fingerprint density at radius 2 is 1.89 bits per heavy atom. The summed E-state index contributed by atoms with van der Waals surface area (Å²) >= 11 is 5.87. The van der Waals surface area contributed by atoms with Gasteiger partial charge in [-0.2, -0.15) is 0 Å². The fourth-order valence-corrected chi connectivity index (χ4v) is 3.70. The van der Waals surface area contributed by atoms with Gasteiger partial charge in [-0.15, -0.1) is 11.6 Å². The van der Waals surface area contributed by atoms with E-state index in [1.807, 2.05) is 13.8 Å². The van der Waals surface area contributed by atoms with Crippen molar-refractivity contribution in [3.63, 3.8) is 0 Å². The van der Waals surface area contributed by atoms with Crippen LogP contribution in [0.25, 0.3) is 0 Å². The number of hydrogen-bond acceptors (Lipinski definition) is 2. The van der Waals surface area contributed by atoms with E-state index in [2.05, 4.69) is 31.2 Å². The topological polar surface area (TPSA) is 18.5 Å². The first-order chi connectivity index (χ1) is 8.71. The van der Waals surface area contributed by atoms with E-state index in [0.29, 0.717) is 11.8 Å². The third-order valence-electron chi connectivity index (χ3n) is 2.76. The van der Waals surface area contributed by atoms with Gasteiger partial charge in [0.25, 0.3) is 0 Å². The Morgan fingerprint density at radius 3 is 2.44 bits per heavy atom. The van der Waals surface area contributed by atoms with E-state index >= 15 is 0 Å².